The van der Waals surface area contributed by atoms with E-state index in [2.05, 4.69) is 26.0 Å². The molecule has 0 aliphatic heterocycles. The summed E-state index contributed by atoms with van der Waals surface area (Å²) in [5.41, 5.74) is 0.361. The molecule has 0 amide bonds. The second-order valence-electron chi connectivity index (χ2n) is 3.71. The van der Waals surface area contributed by atoms with Gasteiger partial charge in [0.25, 0.3) is 0 Å². The molecule has 0 aromatic heterocycles. The molecular weight excluding hydrogens is 136 g/mol. The van der Waals surface area contributed by atoms with Gasteiger partial charge in [-0.25, -0.2) is 0 Å². The van der Waals surface area contributed by atoms with Gasteiger partial charge in [0.05, 0.1) is 0 Å². The van der Waals surface area contributed by atoms with Gasteiger partial charge in [-0.2, -0.15) is 0 Å². The summed E-state index contributed by atoms with van der Waals surface area (Å²) in [4.78, 5) is 10.4. The van der Waals surface area contributed by atoms with Crippen LogP contribution in [0.25, 0.3) is 0 Å². The van der Waals surface area contributed by atoms with Gasteiger partial charge in [0.15, 0.2) is 0 Å². The highest BCUT2D eigenvalue weighted by Gasteiger charge is 2.23. The first-order valence-electron chi connectivity index (χ1n) is 4.35. The van der Waals surface area contributed by atoms with E-state index in [4.69, 9.17) is 0 Å². The molecule has 1 nitrogen and oxygen atoms in total. The van der Waals surface area contributed by atoms with Crippen LogP contribution in [0.1, 0.15) is 33.1 Å². The van der Waals surface area contributed by atoms with Crippen LogP contribution in [0, 0.1) is 11.3 Å². The molecule has 0 bridgehead atoms. The second kappa shape index (κ2) is 3.21. The van der Waals surface area contributed by atoms with Crippen molar-refractivity contribution >= 4 is 6.29 Å². The molecule has 0 spiro atoms. The molecule has 2 atom stereocenters. The summed E-state index contributed by atoms with van der Waals surface area (Å²) in [5.74, 6) is 0.189. The number of aldehydes is 1. The molecular formula is C10H16O. The Morgan fingerprint density at radius 1 is 1.73 bits per heavy atom. The highest BCUT2D eigenvalue weighted by atomic mass is 16.1. The molecule has 2 unspecified atom stereocenters. The fourth-order valence-corrected chi connectivity index (χ4v) is 1.44. The maximum absolute atomic E-state index is 10.4. The Morgan fingerprint density at radius 3 is 2.82 bits per heavy atom. The van der Waals surface area contributed by atoms with E-state index < -0.39 is 0 Å². The van der Waals surface area contributed by atoms with Crippen LogP contribution in [0.5, 0.6) is 0 Å². The van der Waals surface area contributed by atoms with E-state index in [0.717, 1.165) is 19.1 Å². The van der Waals surface area contributed by atoms with E-state index in [0.29, 0.717) is 5.41 Å². The minimum absolute atomic E-state index is 0.189. The third-order valence-electron chi connectivity index (χ3n) is 2.78. The van der Waals surface area contributed by atoms with Crippen molar-refractivity contribution in [1.29, 1.82) is 0 Å². The van der Waals surface area contributed by atoms with Gasteiger partial charge in [0.1, 0.15) is 6.29 Å². The lowest BCUT2D eigenvalue weighted by molar-refractivity contribution is -0.110. The number of rotatable bonds is 2. The SMILES string of the molecule is CCC1(C)C=CC(C=O)CC1. The van der Waals surface area contributed by atoms with Crippen molar-refractivity contribution in [3.05, 3.63) is 12.2 Å². The maximum atomic E-state index is 10.4. The zero-order valence-electron chi connectivity index (χ0n) is 7.34. The van der Waals surface area contributed by atoms with E-state index in [1.165, 1.54) is 6.42 Å². The summed E-state index contributed by atoms with van der Waals surface area (Å²) in [6.07, 6.45) is 8.67. The summed E-state index contributed by atoms with van der Waals surface area (Å²) in [6.45, 7) is 4.45. The first kappa shape index (κ1) is 8.51. The van der Waals surface area contributed by atoms with Gasteiger partial charge in [-0.15, -0.1) is 0 Å². The smallest absolute Gasteiger partial charge is 0.126 e. The monoisotopic (exact) mass is 152 g/mol. The Labute approximate surface area is 68.5 Å². The van der Waals surface area contributed by atoms with Crippen LogP contribution in [-0.4, -0.2) is 6.29 Å². The number of allylic oxidation sites excluding steroid dienone is 2. The average Bonchev–Trinajstić information content (AvgIpc) is 2.06. The summed E-state index contributed by atoms with van der Waals surface area (Å²) < 4.78 is 0. The molecule has 0 saturated carbocycles. The van der Waals surface area contributed by atoms with E-state index in [1.807, 2.05) is 0 Å². The van der Waals surface area contributed by atoms with Crippen LogP contribution in [-0.2, 0) is 4.79 Å². The van der Waals surface area contributed by atoms with Gasteiger partial charge in [0.2, 0.25) is 0 Å². The zero-order chi connectivity index (χ0) is 8.32. The fourth-order valence-electron chi connectivity index (χ4n) is 1.44. The molecule has 62 valence electrons. The summed E-state index contributed by atoms with van der Waals surface area (Å²) in [7, 11) is 0. The maximum Gasteiger partial charge on any atom is 0.126 e. The molecule has 0 aromatic rings. The van der Waals surface area contributed by atoms with E-state index in [9.17, 15) is 4.79 Å². The highest BCUT2D eigenvalue weighted by molar-refractivity contribution is 5.56. The predicted octanol–water partition coefficient (Wildman–Crippen LogP) is 2.57. The number of carbonyl (C=O) groups excluding carboxylic acids is 1. The molecule has 11 heavy (non-hydrogen) atoms. The first-order valence-corrected chi connectivity index (χ1v) is 4.35. The molecule has 1 rings (SSSR count). The van der Waals surface area contributed by atoms with Gasteiger partial charge < -0.3 is 4.79 Å². The largest absolute Gasteiger partial charge is 0.303 e. The van der Waals surface area contributed by atoms with Crippen LogP contribution < -0.4 is 0 Å². The van der Waals surface area contributed by atoms with Crippen molar-refractivity contribution in [2.24, 2.45) is 11.3 Å². The average molecular weight is 152 g/mol. The van der Waals surface area contributed by atoms with Gasteiger partial charge in [-0.05, 0) is 24.7 Å². The lowest BCUT2D eigenvalue weighted by atomic mass is 9.76. The molecule has 0 saturated heterocycles. The third-order valence-corrected chi connectivity index (χ3v) is 2.78. The summed E-state index contributed by atoms with van der Waals surface area (Å²) >= 11 is 0. The van der Waals surface area contributed by atoms with Gasteiger partial charge in [0, 0.05) is 5.92 Å². The Bertz CT molecular complexity index is 172. The van der Waals surface area contributed by atoms with Crippen LogP contribution in [0.3, 0.4) is 0 Å². The Balaban J connectivity index is 2.61. The minimum Gasteiger partial charge on any atom is -0.303 e. The predicted molar refractivity (Wildman–Crippen MR) is 46.3 cm³/mol. The van der Waals surface area contributed by atoms with Gasteiger partial charge in [-0.1, -0.05) is 26.0 Å². The van der Waals surface area contributed by atoms with E-state index in [-0.39, 0.29) is 5.92 Å². The molecule has 1 heteroatoms. The topological polar surface area (TPSA) is 17.1 Å². The summed E-state index contributed by atoms with van der Waals surface area (Å²) in [5, 5.41) is 0. The van der Waals surface area contributed by atoms with Crippen molar-refractivity contribution in [1.82, 2.24) is 0 Å². The van der Waals surface area contributed by atoms with Crippen molar-refractivity contribution in [3.8, 4) is 0 Å². The third kappa shape index (κ3) is 1.92. The number of hydrogen-bond acceptors (Lipinski definition) is 1. The minimum atomic E-state index is 0.189. The Morgan fingerprint density at radius 2 is 2.45 bits per heavy atom. The second-order valence-corrected chi connectivity index (χ2v) is 3.71. The fraction of sp³-hybridized carbons (Fsp3) is 0.700. The first-order chi connectivity index (χ1) is 5.20. The normalized spacial score (nSPS) is 37.1. The van der Waals surface area contributed by atoms with Crippen molar-refractivity contribution in [2.75, 3.05) is 0 Å². The lowest BCUT2D eigenvalue weighted by Gasteiger charge is -2.29. The van der Waals surface area contributed by atoms with Crippen LogP contribution >= 0.6 is 0 Å². The molecule has 0 heterocycles. The molecule has 1 aliphatic rings. The van der Waals surface area contributed by atoms with Crippen LogP contribution in [0.2, 0.25) is 0 Å². The highest BCUT2D eigenvalue weighted by Crippen LogP contribution is 2.34. The molecule has 0 fully saturated rings. The van der Waals surface area contributed by atoms with E-state index in [1.54, 1.807) is 0 Å². The summed E-state index contributed by atoms with van der Waals surface area (Å²) in [6, 6.07) is 0. The van der Waals surface area contributed by atoms with Crippen LogP contribution in [0.4, 0.5) is 0 Å². The van der Waals surface area contributed by atoms with Crippen LogP contribution in [0.15, 0.2) is 12.2 Å². The molecule has 0 aromatic carbocycles. The van der Waals surface area contributed by atoms with E-state index >= 15 is 0 Å². The van der Waals surface area contributed by atoms with Crippen molar-refractivity contribution in [3.63, 3.8) is 0 Å². The quantitative estimate of drug-likeness (QED) is 0.439. The van der Waals surface area contributed by atoms with Crippen molar-refractivity contribution in [2.45, 2.75) is 33.1 Å². The number of carbonyl (C=O) groups is 1. The van der Waals surface area contributed by atoms with Crippen molar-refractivity contribution < 1.29 is 4.79 Å². The lowest BCUT2D eigenvalue weighted by Crippen LogP contribution is -2.18. The molecule has 0 radical (unpaired) electrons. The van der Waals surface area contributed by atoms with Gasteiger partial charge >= 0.3 is 0 Å². The zero-order valence-corrected chi connectivity index (χ0v) is 7.34. The Hall–Kier alpha value is -0.590. The van der Waals surface area contributed by atoms with Gasteiger partial charge in [-0.3, -0.25) is 0 Å². The number of hydrogen-bond donors (Lipinski definition) is 0. The molecule has 0 N–H and O–H groups in total. The molecule has 1 aliphatic carbocycles. The Kier molecular flexibility index (Phi) is 2.48. The standard InChI is InChI=1S/C10H16O/c1-3-10(2)6-4-9(8-11)5-7-10/h4,6,8-9H,3,5,7H2,1-2H3.